The van der Waals surface area contributed by atoms with Gasteiger partial charge >= 0.3 is 0 Å². The minimum atomic E-state index is -0.108. The van der Waals surface area contributed by atoms with Crippen LogP contribution in [0.5, 0.6) is 5.75 Å². The van der Waals surface area contributed by atoms with Gasteiger partial charge in [0.25, 0.3) is 0 Å². The van der Waals surface area contributed by atoms with E-state index in [1.165, 1.54) is 4.88 Å². The standard InChI is InChI=1S/C19H23ClN2O2S/c1-4-16-8-10-18(25-16)14(3)21-22-19(23)6-5-11-24-17-9-7-15(20)12-13(17)2/h7-10,12H,4-6,11H2,1-3H3,(H,22,23)/b21-14+. The normalized spacial score (nSPS) is 11.4. The van der Waals surface area contributed by atoms with Crippen molar-refractivity contribution in [1.29, 1.82) is 0 Å². The highest BCUT2D eigenvalue weighted by Gasteiger charge is 2.05. The zero-order valence-corrected chi connectivity index (χ0v) is 16.3. The van der Waals surface area contributed by atoms with Crippen LogP contribution in [0.4, 0.5) is 0 Å². The average Bonchev–Trinajstić information content (AvgIpc) is 3.07. The number of hydrazone groups is 1. The number of nitrogens with zero attached hydrogens (tertiary/aromatic N) is 1. The summed E-state index contributed by atoms with van der Waals surface area (Å²) in [7, 11) is 0. The van der Waals surface area contributed by atoms with Gasteiger partial charge in [-0.3, -0.25) is 4.79 Å². The number of hydrogen-bond acceptors (Lipinski definition) is 4. The minimum absolute atomic E-state index is 0.108. The Bertz CT molecular complexity index is 756. The van der Waals surface area contributed by atoms with Crippen LogP contribution in [-0.4, -0.2) is 18.2 Å². The van der Waals surface area contributed by atoms with Crippen molar-refractivity contribution in [1.82, 2.24) is 5.43 Å². The molecular weight excluding hydrogens is 356 g/mol. The van der Waals surface area contributed by atoms with E-state index < -0.39 is 0 Å². The molecule has 1 aromatic heterocycles. The van der Waals surface area contributed by atoms with Gasteiger partial charge < -0.3 is 4.74 Å². The van der Waals surface area contributed by atoms with E-state index in [1.54, 1.807) is 17.4 Å². The number of halogens is 1. The second-order valence-corrected chi connectivity index (χ2v) is 7.32. The van der Waals surface area contributed by atoms with Crippen LogP contribution in [0, 0.1) is 6.92 Å². The molecule has 2 rings (SSSR count). The summed E-state index contributed by atoms with van der Waals surface area (Å²) < 4.78 is 5.68. The van der Waals surface area contributed by atoms with Gasteiger partial charge in [0.1, 0.15) is 5.75 Å². The average molecular weight is 379 g/mol. The number of benzene rings is 1. The molecule has 1 heterocycles. The maximum absolute atomic E-state index is 11.9. The molecule has 0 aliphatic carbocycles. The lowest BCUT2D eigenvalue weighted by atomic mass is 10.2. The summed E-state index contributed by atoms with van der Waals surface area (Å²) in [6, 6.07) is 9.63. The molecule has 0 fully saturated rings. The summed E-state index contributed by atoms with van der Waals surface area (Å²) in [5.74, 6) is 0.686. The molecule has 134 valence electrons. The summed E-state index contributed by atoms with van der Waals surface area (Å²) >= 11 is 7.62. The highest BCUT2D eigenvalue weighted by Crippen LogP contribution is 2.22. The Morgan fingerprint density at radius 1 is 1.32 bits per heavy atom. The van der Waals surface area contributed by atoms with Crippen LogP contribution in [0.1, 0.15) is 42.0 Å². The predicted molar refractivity (Wildman–Crippen MR) is 105 cm³/mol. The summed E-state index contributed by atoms with van der Waals surface area (Å²) in [6.45, 7) is 6.44. The van der Waals surface area contributed by atoms with Crippen molar-refractivity contribution in [2.45, 2.75) is 40.0 Å². The maximum atomic E-state index is 11.9. The zero-order valence-electron chi connectivity index (χ0n) is 14.8. The van der Waals surface area contributed by atoms with Gasteiger partial charge in [0.2, 0.25) is 5.91 Å². The molecule has 1 aromatic carbocycles. The summed E-state index contributed by atoms with van der Waals surface area (Å²) in [4.78, 5) is 14.3. The molecule has 0 radical (unpaired) electrons. The third-order valence-corrected chi connectivity index (χ3v) is 5.23. The van der Waals surface area contributed by atoms with Gasteiger partial charge in [-0.05, 0) is 62.6 Å². The number of carbonyl (C=O) groups is 1. The van der Waals surface area contributed by atoms with E-state index in [0.29, 0.717) is 24.5 Å². The Morgan fingerprint density at radius 3 is 2.80 bits per heavy atom. The van der Waals surface area contributed by atoms with E-state index in [0.717, 1.165) is 28.3 Å². The van der Waals surface area contributed by atoms with E-state index >= 15 is 0 Å². The van der Waals surface area contributed by atoms with E-state index in [-0.39, 0.29) is 5.91 Å². The van der Waals surface area contributed by atoms with Gasteiger partial charge in [0.15, 0.2) is 0 Å². The van der Waals surface area contributed by atoms with E-state index in [9.17, 15) is 4.79 Å². The molecule has 2 aromatic rings. The van der Waals surface area contributed by atoms with Gasteiger partial charge in [0, 0.05) is 16.3 Å². The predicted octanol–water partition coefficient (Wildman–Crippen LogP) is 4.97. The molecule has 0 aliphatic heterocycles. The Morgan fingerprint density at radius 2 is 2.12 bits per heavy atom. The molecule has 1 amide bonds. The molecule has 4 nitrogen and oxygen atoms in total. The number of carbonyl (C=O) groups excluding carboxylic acids is 1. The van der Waals surface area contributed by atoms with Crippen LogP contribution >= 0.6 is 22.9 Å². The second kappa shape index (κ2) is 9.59. The van der Waals surface area contributed by atoms with Gasteiger partial charge in [-0.2, -0.15) is 5.10 Å². The quantitative estimate of drug-likeness (QED) is 0.400. The molecule has 6 heteroatoms. The highest BCUT2D eigenvalue weighted by atomic mass is 35.5. The first-order valence-electron chi connectivity index (χ1n) is 8.30. The van der Waals surface area contributed by atoms with Crippen LogP contribution in [0.3, 0.4) is 0 Å². The molecule has 0 saturated heterocycles. The van der Waals surface area contributed by atoms with Crippen molar-refractivity contribution < 1.29 is 9.53 Å². The van der Waals surface area contributed by atoms with Crippen molar-refractivity contribution in [2.75, 3.05) is 6.61 Å². The van der Waals surface area contributed by atoms with Gasteiger partial charge in [-0.15, -0.1) is 11.3 Å². The molecule has 0 spiro atoms. The second-order valence-electron chi connectivity index (χ2n) is 5.71. The Balaban J connectivity index is 1.72. The van der Waals surface area contributed by atoms with Crippen LogP contribution in [0.2, 0.25) is 5.02 Å². The number of hydrogen-bond donors (Lipinski definition) is 1. The fraction of sp³-hybridized carbons (Fsp3) is 0.368. The highest BCUT2D eigenvalue weighted by molar-refractivity contribution is 7.14. The lowest BCUT2D eigenvalue weighted by Gasteiger charge is -2.09. The Hall–Kier alpha value is -1.85. The number of aryl methyl sites for hydroxylation is 2. The fourth-order valence-corrected chi connectivity index (χ4v) is 3.33. The molecule has 0 atom stereocenters. The van der Waals surface area contributed by atoms with Crippen molar-refractivity contribution in [3.63, 3.8) is 0 Å². The monoisotopic (exact) mass is 378 g/mol. The smallest absolute Gasteiger partial charge is 0.240 e. The van der Waals surface area contributed by atoms with Crippen LogP contribution in [0.15, 0.2) is 35.4 Å². The van der Waals surface area contributed by atoms with E-state index in [2.05, 4.69) is 23.5 Å². The largest absolute Gasteiger partial charge is 0.493 e. The van der Waals surface area contributed by atoms with Crippen LogP contribution in [0.25, 0.3) is 0 Å². The first-order chi connectivity index (χ1) is 12.0. The fourth-order valence-electron chi connectivity index (χ4n) is 2.21. The number of rotatable bonds is 8. The van der Waals surface area contributed by atoms with E-state index in [1.807, 2.05) is 32.0 Å². The van der Waals surface area contributed by atoms with Crippen molar-refractivity contribution in [3.8, 4) is 5.75 Å². The summed E-state index contributed by atoms with van der Waals surface area (Å²) in [6.07, 6.45) is 2.01. The number of thiophene rings is 1. The van der Waals surface area contributed by atoms with E-state index in [4.69, 9.17) is 16.3 Å². The minimum Gasteiger partial charge on any atom is -0.493 e. The number of nitrogens with one attached hydrogen (secondary N) is 1. The van der Waals surface area contributed by atoms with Crippen LogP contribution < -0.4 is 10.2 Å². The molecule has 0 saturated carbocycles. The first-order valence-corrected chi connectivity index (χ1v) is 9.50. The SMILES string of the molecule is CCc1ccc(/C(C)=N/NC(=O)CCCOc2ccc(Cl)cc2C)s1. The van der Waals surface area contributed by atoms with Gasteiger partial charge in [0.05, 0.1) is 17.2 Å². The molecule has 0 unspecified atom stereocenters. The van der Waals surface area contributed by atoms with Crippen LogP contribution in [-0.2, 0) is 11.2 Å². The van der Waals surface area contributed by atoms with Gasteiger partial charge in [-0.25, -0.2) is 5.43 Å². The number of ether oxygens (including phenoxy) is 1. The lowest BCUT2D eigenvalue weighted by Crippen LogP contribution is -2.19. The van der Waals surface area contributed by atoms with Crippen molar-refractivity contribution in [2.24, 2.45) is 5.10 Å². The molecular formula is C19H23ClN2O2S. The summed E-state index contributed by atoms with van der Waals surface area (Å²) in [5.41, 5.74) is 4.42. The molecule has 25 heavy (non-hydrogen) atoms. The molecule has 0 aliphatic rings. The Labute approximate surface area is 157 Å². The topological polar surface area (TPSA) is 50.7 Å². The molecule has 1 N–H and O–H groups in total. The number of amides is 1. The van der Waals surface area contributed by atoms with Gasteiger partial charge in [-0.1, -0.05) is 18.5 Å². The lowest BCUT2D eigenvalue weighted by molar-refractivity contribution is -0.121. The van der Waals surface area contributed by atoms with Crippen molar-refractivity contribution in [3.05, 3.63) is 50.7 Å². The third kappa shape index (κ3) is 6.18. The van der Waals surface area contributed by atoms with Crippen molar-refractivity contribution >= 4 is 34.6 Å². The zero-order chi connectivity index (χ0) is 18.2. The maximum Gasteiger partial charge on any atom is 0.240 e. The first kappa shape index (κ1) is 19.5. The third-order valence-electron chi connectivity index (χ3n) is 3.66. The molecule has 0 bridgehead atoms. The Kier molecular flexibility index (Phi) is 7.47. The summed E-state index contributed by atoms with van der Waals surface area (Å²) in [5, 5.41) is 4.86.